The highest BCUT2D eigenvalue weighted by Crippen LogP contribution is 2.40. The molecule has 0 unspecified atom stereocenters. The Morgan fingerprint density at radius 2 is 1.89 bits per heavy atom. The van der Waals surface area contributed by atoms with Gasteiger partial charge in [0, 0.05) is 13.1 Å². The standard InChI is InChI=1S/C21H35N3O3/c1-7-10-22-21(25)23-19(14(3)4)20-16-13-18(27-6)17(26-5)12-15(16)9-11-24(20)8-2/h12-14,19-20H,7-11H2,1-6H3,(H2,22,23,25)/t19-,20+/m1/s1. The Balaban J connectivity index is 2.43. The summed E-state index contributed by atoms with van der Waals surface area (Å²) in [5.41, 5.74) is 2.49. The molecular formula is C21H35N3O3. The molecule has 0 aromatic heterocycles. The van der Waals surface area contributed by atoms with Crippen molar-refractivity contribution in [3.63, 3.8) is 0 Å². The van der Waals surface area contributed by atoms with Crippen LogP contribution in [0.15, 0.2) is 12.1 Å². The highest BCUT2D eigenvalue weighted by Gasteiger charge is 2.36. The van der Waals surface area contributed by atoms with Crippen LogP contribution in [0.25, 0.3) is 0 Å². The van der Waals surface area contributed by atoms with Crippen molar-refractivity contribution in [2.75, 3.05) is 33.9 Å². The van der Waals surface area contributed by atoms with Crippen LogP contribution in [0.2, 0.25) is 0 Å². The van der Waals surface area contributed by atoms with Crippen LogP contribution < -0.4 is 20.1 Å². The van der Waals surface area contributed by atoms with Gasteiger partial charge in [0.2, 0.25) is 0 Å². The molecule has 0 aliphatic carbocycles. The van der Waals surface area contributed by atoms with Crippen molar-refractivity contribution in [2.24, 2.45) is 5.92 Å². The van der Waals surface area contributed by atoms with Gasteiger partial charge in [-0.2, -0.15) is 0 Å². The zero-order valence-corrected chi connectivity index (χ0v) is 17.6. The Morgan fingerprint density at radius 3 is 2.44 bits per heavy atom. The number of benzene rings is 1. The van der Waals surface area contributed by atoms with Crippen LogP contribution in [-0.2, 0) is 6.42 Å². The van der Waals surface area contributed by atoms with E-state index >= 15 is 0 Å². The number of hydrogen-bond acceptors (Lipinski definition) is 4. The van der Waals surface area contributed by atoms with Crippen LogP contribution in [0.3, 0.4) is 0 Å². The number of nitrogens with one attached hydrogen (secondary N) is 2. The first-order chi connectivity index (χ1) is 13.0. The molecule has 1 aliphatic rings. The smallest absolute Gasteiger partial charge is 0.315 e. The van der Waals surface area contributed by atoms with Gasteiger partial charge in [0.1, 0.15) is 0 Å². The molecule has 0 fully saturated rings. The van der Waals surface area contributed by atoms with Gasteiger partial charge in [-0.1, -0.05) is 27.7 Å². The molecule has 1 aliphatic heterocycles. The second-order valence-electron chi connectivity index (χ2n) is 7.40. The van der Waals surface area contributed by atoms with Crippen LogP contribution in [0.4, 0.5) is 4.79 Å². The summed E-state index contributed by atoms with van der Waals surface area (Å²) >= 11 is 0. The summed E-state index contributed by atoms with van der Waals surface area (Å²) in [5, 5.41) is 6.17. The quantitative estimate of drug-likeness (QED) is 0.729. The molecule has 0 spiro atoms. The Bertz CT molecular complexity index is 633. The molecule has 27 heavy (non-hydrogen) atoms. The minimum Gasteiger partial charge on any atom is -0.493 e. The third kappa shape index (κ3) is 4.86. The maximum absolute atomic E-state index is 12.4. The lowest BCUT2D eigenvalue weighted by Crippen LogP contribution is -2.53. The molecule has 1 heterocycles. The van der Waals surface area contributed by atoms with E-state index in [4.69, 9.17) is 9.47 Å². The Hall–Kier alpha value is -1.95. The van der Waals surface area contributed by atoms with Gasteiger partial charge in [-0.05, 0) is 48.6 Å². The maximum Gasteiger partial charge on any atom is 0.315 e. The second kappa shape index (κ2) is 9.83. The topological polar surface area (TPSA) is 62.8 Å². The molecule has 1 aromatic carbocycles. The molecule has 0 bridgehead atoms. The maximum atomic E-state index is 12.4. The molecule has 2 atom stereocenters. The lowest BCUT2D eigenvalue weighted by molar-refractivity contribution is 0.132. The Kier molecular flexibility index (Phi) is 7.78. The van der Waals surface area contributed by atoms with E-state index in [1.807, 2.05) is 0 Å². The number of ether oxygens (including phenoxy) is 2. The zero-order valence-electron chi connectivity index (χ0n) is 17.6. The monoisotopic (exact) mass is 377 g/mol. The van der Waals surface area contributed by atoms with Crippen molar-refractivity contribution in [2.45, 2.75) is 52.6 Å². The van der Waals surface area contributed by atoms with Gasteiger partial charge < -0.3 is 20.1 Å². The molecule has 6 nitrogen and oxygen atoms in total. The largest absolute Gasteiger partial charge is 0.493 e. The first kappa shape index (κ1) is 21.4. The number of urea groups is 1. The van der Waals surface area contributed by atoms with E-state index in [2.05, 4.69) is 55.4 Å². The van der Waals surface area contributed by atoms with Crippen LogP contribution in [0.1, 0.15) is 51.3 Å². The molecule has 2 N–H and O–H groups in total. The summed E-state index contributed by atoms with van der Waals surface area (Å²) < 4.78 is 11.0. The third-order valence-electron chi connectivity index (χ3n) is 5.32. The normalized spacial score (nSPS) is 18.0. The Morgan fingerprint density at radius 1 is 1.22 bits per heavy atom. The first-order valence-corrected chi connectivity index (χ1v) is 9.99. The van der Waals surface area contributed by atoms with Crippen molar-refractivity contribution in [3.8, 4) is 11.5 Å². The highest BCUT2D eigenvalue weighted by molar-refractivity contribution is 5.74. The van der Waals surface area contributed by atoms with E-state index < -0.39 is 0 Å². The average Bonchev–Trinajstić information content (AvgIpc) is 2.68. The predicted octanol–water partition coefficient (Wildman–Crippen LogP) is 3.36. The highest BCUT2D eigenvalue weighted by atomic mass is 16.5. The lowest BCUT2D eigenvalue weighted by Gasteiger charge is -2.43. The van der Waals surface area contributed by atoms with Gasteiger partial charge in [0.05, 0.1) is 26.3 Å². The number of amides is 2. The zero-order chi connectivity index (χ0) is 20.0. The van der Waals surface area contributed by atoms with E-state index in [0.29, 0.717) is 6.54 Å². The van der Waals surface area contributed by atoms with Gasteiger partial charge >= 0.3 is 6.03 Å². The van der Waals surface area contributed by atoms with Crippen LogP contribution in [-0.4, -0.2) is 50.8 Å². The van der Waals surface area contributed by atoms with E-state index in [1.165, 1.54) is 11.1 Å². The fourth-order valence-electron chi connectivity index (χ4n) is 3.85. The van der Waals surface area contributed by atoms with Crippen molar-refractivity contribution >= 4 is 6.03 Å². The molecule has 6 heteroatoms. The van der Waals surface area contributed by atoms with E-state index in [0.717, 1.165) is 37.4 Å². The first-order valence-electron chi connectivity index (χ1n) is 9.99. The number of likely N-dealkylation sites (N-methyl/N-ethyl adjacent to an activating group) is 1. The summed E-state index contributed by atoms with van der Waals surface area (Å²) in [6.07, 6.45) is 1.89. The molecule has 0 saturated heterocycles. The Labute approximate surface area is 163 Å². The second-order valence-corrected chi connectivity index (χ2v) is 7.40. The minimum absolute atomic E-state index is 0.000966. The van der Waals surface area contributed by atoms with Gasteiger partial charge in [-0.25, -0.2) is 4.79 Å². The van der Waals surface area contributed by atoms with Crippen LogP contribution in [0, 0.1) is 5.92 Å². The summed E-state index contributed by atoms with van der Waals surface area (Å²) in [4.78, 5) is 14.8. The van der Waals surface area contributed by atoms with Gasteiger partial charge in [-0.15, -0.1) is 0 Å². The number of rotatable bonds is 8. The number of carbonyl (C=O) groups is 1. The van der Waals surface area contributed by atoms with Crippen molar-refractivity contribution in [1.29, 1.82) is 0 Å². The van der Waals surface area contributed by atoms with Crippen molar-refractivity contribution < 1.29 is 14.3 Å². The van der Waals surface area contributed by atoms with Gasteiger partial charge in [0.15, 0.2) is 11.5 Å². The number of nitrogens with zero attached hydrogens (tertiary/aromatic N) is 1. The van der Waals surface area contributed by atoms with Crippen LogP contribution >= 0.6 is 0 Å². The SMILES string of the molecule is CCCNC(=O)N[C@H](C(C)C)[C@@H]1c2cc(OC)c(OC)cc2CCN1CC. The number of carbonyl (C=O) groups excluding carboxylic acids is 1. The molecular weight excluding hydrogens is 342 g/mol. The fourth-order valence-corrected chi connectivity index (χ4v) is 3.85. The molecule has 0 saturated carbocycles. The third-order valence-corrected chi connectivity index (χ3v) is 5.32. The number of fused-ring (bicyclic) bond motifs is 1. The molecule has 0 radical (unpaired) electrons. The summed E-state index contributed by atoms with van der Waals surface area (Å²) in [7, 11) is 3.33. The minimum atomic E-state index is -0.0980. The summed E-state index contributed by atoms with van der Waals surface area (Å²) in [5.74, 6) is 1.78. The van der Waals surface area contributed by atoms with E-state index in [1.54, 1.807) is 14.2 Å². The van der Waals surface area contributed by atoms with E-state index in [-0.39, 0.29) is 24.0 Å². The average molecular weight is 378 g/mol. The van der Waals surface area contributed by atoms with Crippen molar-refractivity contribution in [3.05, 3.63) is 23.3 Å². The molecule has 2 amide bonds. The summed E-state index contributed by atoms with van der Waals surface area (Å²) in [6.45, 7) is 11.1. The predicted molar refractivity (Wildman–Crippen MR) is 109 cm³/mol. The number of hydrogen-bond donors (Lipinski definition) is 2. The van der Waals surface area contributed by atoms with Crippen LogP contribution in [0.5, 0.6) is 11.5 Å². The fraction of sp³-hybridized carbons (Fsp3) is 0.667. The van der Waals surface area contributed by atoms with Crippen molar-refractivity contribution in [1.82, 2.24) is 15.5 Å². The summed E-state index contributed by atoms with van der Waals surface area (Å²) in [6, 6.07) is 4.17. The molecule has 1 aromatic rings. The van der Waals surface area contributed by atoms with Gasteiger partial charge in [0.25, 0.3) is 0 Å². The number of methoxy groups -OCH3 is 2. The lowest BCUT2D eigenvalue weighted by atomic mass is 9.83. The van der Waals surface area contributed by atoms with Gasteiger partial charge in [-0.3, -0.25) is 4.90 Å². The van der Waals surface area contributed by atoms with E-state index in [9.17, 15) is 4.79 Å². The molecule has 2 rings (SSSR count). The molecule has 152 valence electrons.